The van der Waals surface area contributed by atoms with E-state index in [1.54, 1.807) is 6.92 Å². The van der Waals surface area contributed by atoms with Gasteiger partial charge in [-0.2, -0.15) is 13.2 Å². The molecule has 3 rings (SSSR count). The van der Waals surface area contributed by atoms with Crippen LogP contribution in [0.15, 0.2) is 42.5 Å². The van der Waals surface area contributed by atoms with Crippen LogP contribution in [0.25, 0.3) is 0 Å². The number of hydrogen-bond donors (Lipinski definition) is 1. The molecular weight excluding hydrogens is 391 g/mol. The molecule has 0 aliphatic carbocycles. The number of carbonyl (C=O) groups excluding carboxylic acids is 2. The van der Waals surface area contributed by atoms with Gasteiger partial charge >= 0.3 is 6.18 Å². The first-order chi connectivity index (χ1) is 13.6. The van der Waals surface area contributed by atoms with Gasteiger partial charge in [0.2, 0.25) is 11.8 Å². The van der Waals surface area contributed by atoms with Gasteiger partial charge in [0.15, 0.2) is 0 Å². The number of rotatable bonds is 4. The van der Waals surface area contributed by atoms with E-state index in [0.29, 0.717) is 5.56 Å². The molecule has 29 heavy (non-hydrogen) atoms. The Morgan fingerprint density at radius 1 is 1.24 bits per heavy atom. The van der Waals surface area contributed by atoms with E-state index in [2.05, 4.69) is 5.32 Å². The number of alkyl halides is 3. The first kappa shape index (κ1) is 20.3. The minimum absolute atomic E-state index is 0.0617. The summed E-state index contributed by atoms with van der Waals surface area (Å²) in [5.41, 5.74) is -0.175. The molecule has 1 aliphatic heterocycles. The molecule has 1 fully saturated rings. The van der Waals surface area contributed by atoms with Gasteiger partial charge in [0.05, 0.1) is 22.1 Å². The summed E-state index contributed by atoms with van der Waals surface area (Å²) in [7, 11) is 0. The van der Waals surface area contributed by atoms with Gasteiger partial charge < -0.3 is 10.2 Å². The molecule has 0 aromatic heterocycles. The minimum Gasteiger partial charge on any atom is -0.325 e. The maximum atomic E-state index is 12.9. The second-order valence-corrected chi connectivity index (χ2v) is 6.70. The van der Waals surface area contributed by atoms with Crippen molar-refractivity contribution in [1.29, 1.82) is 0 Å². The summed E-state index contributed by atoms with van der Waals surface area (Å²) in [4.78, 5) is 36.3. The Kier molecular flexibility index (Phi) is 5.27. The second-order valence-electron chi connectivity index (χ2n) is 6.70. The zero-order valence-electron chi connectivity index (χ0n) is 15.2. The number of nitro benzene ring substituents is 1. The van der Waals surface area contributed by atoms with Crippen molar-refractivity contribution in [2.45, 2.75) is 19.5 Å². The predicted molar refractivity (Wildman–Crippen MR) is 98.4 cm³/mol. The van der Waals surface area contributed by atoms with Gasteiger partial charge in [0.1, 0.15) is 0 Å². The molecule has 7 nitrogen and oxygen atoms in total. The Balaban J connectivity index is 1.76. The molecule has 1 N–H and O–H groups in total. The molecular formula is C19H16F3N3O4. The molecule has 0 bridgehead atoms. The fourth-order valence-corrected chi connectivity index (χ4v) is 3.08. The van der Waals surface area contributed by atoms with Crippen molar-refractivity contribution in [3.8, 4) is 0 Å². The Labute approximate surface area is 163 Å². The van der Waals surface area contributed by atoms with Crippen LogP contribution in [-0.2, 0) is 15.8 Å². The van der Waals surface area contributed by atoms with Gasteiger partial charge in [-0.15, -0.1) is 0 Å². The summed E-state index contributed by atoms with van der Waals surface area (Å²) in [6.45, 7) is 1.58. The quantitative estimate of drug-likeness (QED) is 0.614. The number of non-ortho nitro benzene ring substituents is 1. The SMILES string of the molecule is Cc1ccc([N+](=O)[O-])cc1NC(=O)[C@@H]1CC(=O)N(c2cccc(C(F)(F)F)c2)C1. The minimum atomic E-state index is -4.55. The molecule has 0 saturated carbocycles. The molecule has 0 spiro atoms. The van der Waals surface area contributed by atoms with Crippen LogP contribution in [0.1, 0.15) is 17.5 Å². The third kappa shape index (κ3) is 4.36. The lowest BCUT2D eigenvalue weighted by Crippen LogP contribution is -2.28. The molecule has 0 unspecified atom stereocenters. The van der Waals surface area contributed by atoms with Crippen molar-refractivity contribution in [1.82, 2.24) is 0 Å². The van der Waals surface area contributed by atoms with Crippen LogP contribution in [-0.4, -0.2) is 23.3 Å². The lowest BCUT2D eigenvalue weighted by molar-refractivity contribution is -0.384. The number of benzene rings is 2. The number of nitrogens with one attached hydrogen (secondary N) is 1. The summed E-state index contributed by atoms with van der Waals surface area (Å²) < 4.78 is 38.7. The lowest BCUT2D eigenvalue weighted by Gasteiger charge is -2.18. The lowest BCUT2D eigenvalue weighted by atomic mass is 10.1. The molecule has 10 heteroatoms. The number of amides is 2. The Morgan fingerprint density at radius 2 is 1.97 bits per heavy atom. The molecule has 2 aromatic rings. The second kappa shape index (κ2) is 7.53. The summed E-state index contributed by atoms with van der Waals surface area (Å²) in [6.07, 6.45) is -4.72. The number of nitrogens with zero attached hydrogens (tertiary/aromatic N) is 2. The van der Waals surface area contributed by atoms with E-state index in [4.69, 9.17) is 0 Å². The molecule has 2 aromatic carbocycles. The van der Waals surface area contributed by atoms with Crippen molar-refractivity contribution in [2.75, 3.05) is 16.8 Å². The molecule has 2 amide bonds. The van der Waals surface area contributed by atoms with E-state index in [1.165, 1.54) is 30.3 Å². The summed E-state index contributed by atoms with van der Waals surface area (Å²) >= 11 is 0. The summed E-state index contributed by atoms with van der Waals surface area (Å²) in [6, 6.07) is 8.35. The first-order valence-corrected chi connectivity index (χ1v) is 8.60. The Hall–Kier alpha value is -3.43. The van der Waals surface area contributed by atoms with E-state index >= 15 is 0 Å². The van der Waals surface area contributed by atoms with Gasteiger partial charge in [0, 0.05) is 30.8 Å². The number of aryl methyl sites for hydroxylation is 1. The van der Waals surface area contributed by atoms with Crippen LogP contribution in [0.5, 0.6) is 0 Å². The van der Waals surface area contributed by atoms with Crippen molar-refractivity contribution < 1.29 is 27.7 Å². The average molecular weight is 407 g/mol. The third-order valence-corrected chi connectivity index (χ3v) is 4.67. The van der Waals surface area contributed by atoms with E-state index in [1.807, 2.05) is 0 Å². The van der Waals surface area contributed by atoms with Crippen LogP contribution in [0, 0.1) is 23.0 Å². The highest BCUT2D eigenvalue weighted by Crippen LogP contribution is 2.34. The van der Waals surface area contributed by atoms with Crippen LogP contribution in [0.2, 0.25) is 0 Å². The molecule has 1 heterocycles. The van der Waals surface area contributed by atoms with Gasteiger partial charge in [-0.1, -0.05) is 12.1 Å². The molecule has 152 valence electrons. The van der Waals surface area contributed by atoms with Crippen LogP contribution in [0.4, 0.5) is 30.2 Å². The van der Waals surface area contributed by atoms with Crippen molar-refractivity contribution in [3.05, 3.63) is 63.7 Å². The van der Waals surface area contributed by atoms with Gasteiger partial charge in [0.25, 0.3) is 5.69 Å². The van der Waals surface area contributed by atoms with Crippen molar-refractivity contribution in [2.24, 2.45) is 5.92 Å². The zero-order chi connectivity index (χ0) is 21.3. The van der Waals surface area contributed by atoms with E-state index in [9.17, 15) is 32.9 Å². The fourth-order valence-electron chi connectivity index (χ4n) is 3.08. The molecule has 1 saturated heterocycles. The molecule has 1 atom stereocenters. The highest BCUT2D eigenvalue weighted by molar-refractivity contribution is 6.03. The Bertz CT molecular complexity index is 991. The normalized spacial score (nSPS) is 16.8. The van der Waals surface area contributed by atoms with Crippen LogP contribution in [0.3, 0.4) is 0 Å². The standard InChI is InChI=1S/C19H16F3N3O4/c1-11-5-6-15(25(28)29)9-16(11)23-18(27)12-7-17(26)24(10-12)14-4-2-3-13(8-14)19(20,21)22/h2-6,8-9,12H,7,10H2,1H3,(H,23,27)/t12-/m1/s1. The van der Waals surface area contributed by atoms with Gasteiger partial charge in [-0.25, -0.2) is 0 Å². The highest BCUT2D eigenvalue weighted by atomic mass is 19.4. The number of hydrogen-bond acceptors (Lipinski definition) is 4. The summed E-state index contributed by atoms with van der Waals surface area (Å²) in [5.74, 6) is -1.80. The maximum Gasteiger partial charge on any atom is 0.416 e. The average Bonchev–Trinajstić information content (AvgIpc) is 3.04. The smallest absolute Gasteiger partial charge is 0.325 e. The van der Waals surface area contributed by atoms with Gasteiger partial charge in [-0.05, 0) is 30.7 Å². The number of anilines is 2. The third-order valence-electron chi connectivity index (χ3n) is 4.67. The first-order valence-electron chi connectivity index (χ1n) is 8.60. The molecule has 1 aliphatic rings. The predicted octanol–water partition coefficient (Wildman–Crippen LogP) is 3.91. The monoisotopic (exact) mass is 407 g/mol. The number of nitro groups is 1. The molecule has 0 radical (unpaired) electrons. The number of halogens is 3. The fraction of sp³-hybridized carbons (Fsp3) is 0.263. The Morgan fingerprint density at radius 3 is 2.62 bits per heavy atom. The highest BCUT2D eigenvalue weighted by Gasteiger charge is 2.37. The largest absolute Gasteiger partial charge is 0.416 e. The van der Waals surface area contributed by atoms with Crippen molar-refractivity contribution >= 4 is 28.9 Å². The topological polar surface area (TPSA) is 92.5 Å². The number of carbonyl (C=O) groups is 2. The van der Waals surface area contributed by atoms with E-state index in [-0.39, 0.29) is 30.0 Å². The zero-order valence-corrected chi connectivity index (χ0v) is 15.2. The van der Waals surface area contributed by atoms with Crippen LogP contribution >= 0.6 is 0 Å². The summed E-state index contributed by atoms with van der Waals surface area (Å²) in [5, 5.41) is 13.5. The van der Waals surface area contributed by atoms with Gasteiger partial charge in [-0.3, -0.25) is 19.7 Å². The van der Waals surface area contributed by atoms with E-state index in [0.717, 1.165) is 17.0 Å². The van der Waals surface area contributed by atoms with Crippen molar-refractivity contribution in [3.63, 3.8) is 0 Å². The maximum absolute atomic E-state index is 12.9. The van der Waals surface area contributed by atoms with E-state index < -0.39 is 34.4 Å². The van der Waals surface area contributed by atoms with Crippen LogP contribution < -0.4 is 10.2 Å².